The van der Waals surface area contributed by atoms with E-state index in [0.717, 1.165) is 47.5 Å². The Hall–Kier alpha value is -3.43. The first-order valence-electron chi connectivity index (χ1n) is 14.2. The Balaban J connectivity index is 1.69. The number of halogens is 2. The fraction of sp³-hybridized carbons (Fsp3) is 0.375. The Morgan fingerprint density at radius 3 is 2.21 bits per heavy atom. The monoisotopic (exact) mass is 613 g/mol. The van der Waals surface area contributed by atoms with Crippen molar-refractivity contribution in [2.24, 2.45) is 0 Å². The SMILES string of the molecule is Cc1ccc(N(CC(=O)N(Cc2ccc(F)cc2)[C@@H](C)C(=O)NC2CCCCC2)S(=O)(=O)c2ccc(Cl)cc2)cc1C. The molecule has 0 heterocycles. The van der Waals surface area contributed by atoms with Crippen molar-refractivity contribution in [3.63, 3.8) is 0 Å². The van der Waals surface area contributed by atoms with Gasteiger partial charge in [-0.2, -0.15) is 0 Å². The van der Waals surface area contributed by atoms with Crippen LogP contribution < -0.4 is 9.62 Å². The molecule has 1 aliphatic carbocycles. The van der Waals surface area contributed by atoms with Crippen molar-refractivity contribution in [3.8, 4) is 0 Å². The van der Waals surface area contributed by atoms with Crippen LogP contribution in [0.1, 0.15) is 55.7 Å². The van der Waals surface area contributed by atoms with E-state index in [1.807, 2.05) is 13.8 Å². The van der Waals surface area contributed by atoms with E-state index in [0.29, 0.717) is 16.3 Å². The predicted octanol–water partition coefficient (Wildman–Crippen LogP) is 6.16. The molecule has 4 rings (SSSR count). The zero-order valence-corrected chi connectivity index (χ0v) is 25.7. The highest BCUT2D eigenvalue weighted by Crippen LogP contribution is 2.27. The van der Waals surface area contributed by atoms with Crippen LogP contribution in [0.5, 0.6) is 0 Å². The van der Waals surface area contributed by atoms with Crippen LogP contribution in [0.3, 0.4) is 0 Å². The van der Waals surface area contributed by atoms with Gasteiger partial charge in [0.25, 0.3) is 10.0 Å². The third-order valence-corrected chi connectivity index (χ3v) is 9.88. The first kappa shape index (κ1) is 31.5. The number of hydrogen-bond donors (Lipinski definition) is 1. The van der Waals surface area contributed by atoms with Crippen molar-refractivity contribution >= 4 is 39.1 Å². The lowest BCUT2D eigenvalue weighted by atomic mass is 9.95. The van der Waals surface area contributed by atoms with Gasteiger partial charge in [0.1, 0.15) is 18.4 Å². The van der Waals surface area contributed by atoms with Crippen LogP contribution in [-0.4, -0.2) is 43.8 Å². The molecule has 2 amide bonds. The average molecular weight is 614 g/mol. The topological polar surface area (TPSA) is 86.8 Å². The summed E-state index contributed by atoms with van der Waals surface area (Å²) in [6.07, 6.45) is 4.96. The number of carbonyl (C=O) groups excluding carboxylic acids is 2. The number of amides is 2. The number of sulfonamides is 1. The molecule has 224 valence electrons. The molecular formula is C32H37ClFN3O4S. The van der Waals surface area contributed by atoms with Crippen molar-refractivity contribution in [3.05, 3.63) is 94.3 Å². The number of aryl methyl sites for hydroxylation is 2. The second-order valence-electron chi connectivity index (χ2n) is 10.9. The van der Waals surface area contributed by atoms with Gasteiger partial charge in [0.05, 0.1) is 10.6 Å². The molecule has 1 aliphatic rings. The van der Waals surface area contributed by atoms with Crippen LogP contribution >= 0.6 is 11.6 Å². The van der Waals surface area contributed by atoms with Gasteiger partial charge < -0.3 is 10.2 Å². The van der Waals surface area contributed by atoms with Crippen molar-refractivity contribution in [1.82, 2.24) is 10.2 Å². The maximum absolute atomic E-state index is 14.1. The summed E-state index contributed by atoms with van der Waals surface area (Å²) in [6.45, 7) is 4.87. The van der Waals surface area contributed by atoms with Crippen LogP contribution in [0.25, 0.3) is 0 Å². The van der Waals surface area contributed by atoms with Crippen molar-refractivity contribution in [2.45, 2.75) is 76.4 Å². The van der Waals surface area contributed by atoms with E-state index < -0.39 is 34.3 Å². The van der Waals surface area contributed by atoms with Crippen molar-refractivity contribution in [1.29, 1.82) is 0 Å². The summed E-state index contributed by atoms with van der Waals surface area (Å²) in [4.78, 5) is 28.8. The molecule has 0 spiro atoms. The number of rotatable bonds is 10. The Morgan fingerprint density at radius 1 is 0.952 bits per heavy atom. The van der Waals surface area contributed by atoms with Crippen LogP contribution in [-0.2, 0) is 26.2 Å². The second kappa shape index (κ2) is 13.7. The molecule has 0 unspecified atom stereocenters. The number of benzene rings is 3. The molecule has 0 bridgehead atoms. The van der Waals surface area contributed by atoms with Gasteiger partial charge >= 0.3 is 0 Å². The predicted molar refractivity (Wildman–Crippen MR) is 163 cm³/mol. The highest BCUT2D eigenvalue weighted by molar-refractivity contribution is 7.92. The smallest absolute Gasteiger partial charge is 0.264 e. The Labute approximate surface area is 252 Å². The maximum Gasteiger partial charge on any atom is 0.264 e. The van der Waals surface area contributed by atoms with Crippen LogP contribution in [0.2, 0.25) is 5.02 Å². The number of carbonyl (C=O) groups is 2. The van der Waals surface area contributed by atoms with Gasteiger partial charge in [-0.15, -0.1) is 0 Å². The van der Waals surface area contributed by atoms with Crippen LogP contribution in [0.4, 0.5) is 10.1 Å². The third-order valence-electron chi connectivity index (χ3n) is 7.84. The number of anilines is 1. The lowest BCUT2D eigenvalue weighted by Gasteiger charge is -2.33. The first-order chi connectivity index (χ1) is 20.0. The molecule has 0 aromatic heterocycles. The summed E-state index contributed by atoms with van der Waals surface area (Å²) in [5.41, 5.74) is 2.77. The van der Waals surface area contributed by atoms with Crippen molar-refractivity contribution in [2.75, 3.05) is 10.8 Å². The minimum atomic E-state index is -4.20. The van der Waals surface area contributed by atoms with Crippen LogP contribution in [0, 0.1) is 19.7 Å². The van der Waals surface area contributed by atoms with E-state index in [9.17, 15) is 22.4 Å². The lowest BCUT2D eigenvalue weighted by molar-refractivity contribution is -0.139. The van der Waals surface area contributed by atoms with E-state index in [2.05, 4.69) is 5.32 Å². The summed E-state index contributed by atoms with van der Waals surface area (Å²) in [6, 6.07) is 15.7. The minimum absolute atomic E-state index is 0.000124. The normalized spacial score (nSPS) is 14.7. The van der Waals surface area contributed by atoms with Gasteiger partial charge in [0.15, 0.2) is 0 Å². The first-order valence-corrected chi connectivity index (χ1v) is 16.0. The molecule has 7 nitrogen and oxygen atoms in total. The van der Waals surface area contributed by atoms with Gasteiger partial charge in [-0.25, -0.2) is 12.8 Å². The van der Waals surface area contributed by atoms with E-state index in [4.69, 9.17) is 11.6 Å². The standard InChI is InChI=1S/C32H37ClFN3O4S/c1-22-9-16-29(19-23(22)2)37(42(40,41)30-17-12-26(33)13-18-30)21-31(38)36(20-25-10-14-27(34)15-11-25)24(3)32(39)35-28-7-5-4-6-8-28/h9-19,24,28H,4-8,20-21H2,1-3H3,(H,35,39)/t24-/m0/s1. The zero-order valence-electron chi connectivity index (χ0n) is 24.1. The average Bonchev–Trinajstić information content (AvgIpc) is 2.97. The van der Waals surface area contributed by atoms with E-state index in [1.165, 1.54) is 41.3 Å². The minimum Gasteiger partial charge on any atom is -0.352 e. The molecular weight excluding hydrogens is 577 g/mol. The Bertz CT molecular complexity index is 1510. The molecule has 1 fully saturated rings. The fourth-order valence-electron chi connectivity index (χ4n) is 5.08. The highest BCUT2D eigenvalue weighted by atomic mass is 35.5. The van der Waals surface area contributed by atoms with Gasteiger partial charge in [-0.05, 0) is 98.8 Å². The number of nitrogens with one attached hydrogen (secondary N) is 1. The lowest BCUT2D eigenvalue weighted by Crippen LogP contribution is -2.53. The Kier molecular flexibility index (Phi) is 10.3. The summed E-state index contributed by atoms with van der Waals surface area (Å²) >= 11 is 6.01. The van der Waals surface area contributed by atoms with Crippen LogP contribution in [0.15, 0.2) is 71.6 Å². The van der Waals surface area contributed by atoms with E-state index in [1.54, 1.807) is 37.3 Å². The summed E-state index contributed by atoms with van der Waals surface area (Å²) in [7, 11) is -4.20. The molecule has 0 radical (unpaired) electrons. The Morgan fingerprint density at radius 2 is 1.60 bits per heavy atom. The molecule has 0 aliphatic heterocycles. The largest absolute Gasteiger partial charge is 0.352 e. The van der Waals surface area contributed by atoms with Gasteiger partial charge in [-0.3, -0.25) is 13.9 Å². The molecule has 1 saturated carbocycles. The van der Waals surface area contributed by atoms with Gasteiger partial charge in [0, 0.05) is 17.6 Å². The van der Waals surface area contributed by atoms with Crippen molar-refractivity contribution < 1.29 is 22.4 Å². The van der Waals surface area contributed by atoms with Gasteiger partial charge in [0.2, 0.25) is 11.8 Å². The molecule has 42 heavy (non-hydrogen) atoms. The molecule has 1 N–H and O–H groups in total. The molecule has 10 heteroatoms. The number of hydrogen-bond acceptors (Lipinski definition) is 4. The summed E-state index contributed by atoms with van der Waals surface area (Å²) in [5.74, 6) is -1.30. The molecule has 1 atom stereocenters. The maximum atomic E-state index is 14.1. The molecule has 3 aromatic carbocycles. The van der Waals surface area contributed by atoms with Gasteiger partial charge in [-0.1, -0.05) is 49.1 Å². The third kappa shape index (κ3) is 7.69. The number of nitrogens with zero attached hydrogens (tertiary/aromatic N) is 2. The van der Waals surface area contributed by atoms with E-state index in [-0.39, 0.29) is 23.4 Å². The summed E-state index contributed by atoms with van der Waals surface area (Å²) < 4.78 is 42.6. The van der Waals surface area contributed by atoms with E-state index >= 15 is 0 Å². The summed E-state index contributed by atoms with van der Waals surface area (Å²) in [5, 5.41) is 3.45. The molecule has 3 aromatic rings. The zero-order chi connectivity index (χ0) is 30.4. The molecule has 0 saturated heterocycles. The fourth-order valence-corrected chi connectivity index (χ4v) is 6.61. The quantitative estimate of drug-likeness (QED) is 0.297. The second-order valence-corrected chi connectivity index (χ2v) is 13.2. The highest BCUT2D eigenvalue weighted by Gasteiger charge is 2.33.